The molecule has 4 atom stereocenters. The summed E-state index contributed by atoms with van der Waals surface area (Å²) >= 11 is 0. The van der Waals surface area contributed by atoms with Crippen LogP contribution in [0.4, 0.5) is 0 Å². The Morgan fingerprint density at radius 2 is 2.04 bits per heavy atom. The second kappa shape index (κ2) is 4.89. The number of rotatable bonds is 2. The van der Waals surface area contributed by atoms with E-state index >= 15 is 0 Å². The van der Waals surface area contributed by atoms with Crippen LogP contribution in [0, 0.1) is 0 Å². The molecule has 3 aliphatic heterocycles. The van der Waals surface area contributed by atoms with Gasteiger partial charge in [-0.1, -0.05) is 18.2 Å². The number of hydrogen-bond donors (Lipinski definition) is 0. The molecule has 126 valence electrons. The first-order chi connectivity index (χ1) is 11.3. The Morgan fingerprint density at radius 3 is 2.75 bits per heavy atom. The van der Waals surface area contributed by atoms with Gasteiger partial charge in [0, 0.05) is 5.56 Å². The molecule has 4 rings (SSSR count). The van der Waals surface area contributed by atoms with Gasteiger partial charge >= 0.3 is 11.9 Å². The minimum absolute atomic E-state index is 0.182. The molecule has 0 radical (unpaired) electrons. The molecule has 8 heteroatoms. The van der Waals surface area contributed by atoms with Crippen molar-refractivity contribution in [3.05, 3.63) is 35.4 Å². The van der Waals surface area contributed by atoms with Gasteiger partial charge in [0.05, 0.1) is 27.5 Å². The first-order valence-corrected chi connectivity index (χ1v) is 8.76. The fraction of sp³-hybridized carbons (Fsp3) is 0.438. The molecular formula is C16H15NO6S. The van der Waals surface area contributed by atoms with Crippen LogP contribution >= 0.6 is 0 Å². The summed E-state index contributed by atoms with van der Waals surface area (Å²) in [5.41, 5.74) is 0.821. The van der Waals surface area contributed by atoms with Crippen LogP contribution in [-0.2, 0) is 29.9 Å². The summed E-state index contributed by atoms with van der Waals surface area (Å²) in [6.45, 7) is 3.35. The lowest BCUT2D eigenvalue weighted by atomic mass is 9.98. The number of β-lactam (4-membered cyclic amide) rings is 1. The lowest BCUT2D eigenvalue weighted by Crippen LogP contribution is -2.57. The quantitative estimate of drug-likeness (QED) is 0.581. The fourth-order valence-corrected chi connectivity index (χ4v) is 5.32. The second-order valence-corrected chi connectivity index (χ2v) is 8.72. The Labute approximate surface area is 140 Å². The fourth-order valence-electron chi connectivity index (χ4n) is 3.45. The van der Waals surface area contributed by atoms with E-state index in [1.165, 1.54) is 4.90 Å². The molecule has 2 fully saturated rings. The summed E-state index contributed by atoms with van der Waals surface area (Å²) in [7, 11) is -1.35. The van der Waals surface area contributed by atoms with Gasteiger partial charge in [-0.05, 0) is 19.9 Å². The van der Waals surface area contributed by atoms with E-state index < -0.39 is 45.2 Å². The molecule has 1 aromatic carbocycles. The number of esters is 2. The normalized spacial score (nSPS) is 32.7. The first kappa shape index (κ1) is 15.3. The number of benzene rings is 1. The maximum Gasteiger partial charge on any atom is 0.342 e. The highest BCUT2D eigenvalue weighted by Crippen LogP contribution is 2.44. The minimum Gasteiger partial charge on any atom is -0.419 e. The van der Waals surface area contributed by atoms with E-state index in [0.717, 1.165) is 0 Å². The molecule has 1 aromatic rings. The van der Waals surface area contributed by atoms with Crippen molar-refractivity contribution in [1.82, 2.24) is 4.90 Å². The highest BCUT2D eigenvalue weighted by molar-refractivity contribution is 7.87. The Bertz CT molecular complexity index is 804. The third kappa shape index (κ3) is 1.89. The predicted molar refractivity (Wildman–Crippen MR) is 82.0 cm³/mol. The van der Waals surface area contributed by atoms with Gasteiger partial charge in [-0.15, -0.1) is 0 Å². The van der Waals surface area contributed by atoms with Crippen LogP contribution in [0.25, 0.3) is 0 Å². The number of hydrogen-bond acceptors (Lipinski definition) is 6. The molecule has 0 spiro atoms. The molecular weight excluding hydrogens is 334 g/mol. The van der Waals surface area contributed by atoms with Gasteiger partial charge in [-0.3, -0.25) is 9.00 Å². The van der Waals surface area contributed by atoms with Crippen molar-refractivity contribution >= 4 is 28.6 Å². The zero-order valence-corrected chi connectivity index (χ0v) is 13.9. The molecule has 3 heterocycles. The van der Waals surface area contributed by atoms with Gasteiger partial charge in [0.25, 0.3) is 6.29 Å². The first-order valence-electron chi connectivity index (χ1n) is 7.54. The molecule has 3 aliphatic rings. The molecule has 4 unspecified atom stereocenters. The van der Waals surface area contributed by atoms with Crippen molar-refractivity contribution < 1.29 is 28.1 Å². The van der Waals surface area contributed by atoms with Crippen LogP contribution in [0.5, 0.6) is 0 Å². The SMILES string of the molecule is CC1(C)C(C(=O)OC2OC(=O)c3ccccc32)N2C(=O)CC2S1=O. The third-order valence-corrected chi connectivity index (χ3v) is 6.89. The zero-order chi connectivity index (χ0) is 17.2. The van der Waals surface area contributed by atoms with E-state index in [-0.39, 0.29) is 12.3 Å². The smallest absolute Gasteiger partial charge is 0.342 e. The average molecular weight is 349 g/mol. The Hall–Kier alpha value is -2.22. The number of nitrogens with zero attached hydrogens (tertiary/aromatic N) is 1. The summed E-state index contributed by atoms with van der Waals surface area (Å²) in [5.74, 6) is -1.49. The molecule has 0 N–H and O–H groups in total. The van der Waals surface area contributed by atoms with E-state index in [1.807, 2.05) is 0 Å². The monoisotopic (exact) mass is 349 g/mol. The minimum atomic E-state index is -1.35. The maximum atomic E-state index is 12.7. The predicted octanol–water partition coefficient (Wildman–Crippen LogP) is 0.867. The topological polar surface area (TPSA) is 90.0 Å². The van der Waals surface area contributed by atoms with Crippen LogP contribution in [0.1, 0.15) is 42.5 Å². The third-order valence-electron chi connectivity index (χ3n) is 4.74. The second-order valence-electron chi connectivity index (χ2n) is 6.52. The van der Waals surface area contributed by atoms with Crippen LogP contribution in [-0.4, -0.2) is 43.1 Å². The van der Waals surface area contributed by atoms with Gasteiger partial charge in [0.1, 0.15) is 11.4 Å². The molecule has 1 amide bonds. The van der Waals surface area contributed by atoms with Gasteiger partial charge < -0.3 is 14.4 Å². The van der Waals surface area contributed by atoms with E-state index in [2.05, 4.69) is 0 Å². The summed E-state index contributed by atoms with van der Waals surface area (Å²) < 4.78 is 22.0. The van der Waals surface area contributed by atoms with Gasteiger partial charge in [0.15, 0.2) is 0 Å². The van der Waals surface area contributed by atoms with E-state index in [1.54, 1.807) is 38.1 Å². The lowest BCUT2D eigenvalue weighted by molar-refractivity contribution is -0.179. The molecule has 0 saturated carbocycles. The van der Waals surface area contributed by atoms with Crippen molar-refractivity contribution in [2.24, 2.45) is 0 Å². The lowest BCUT2D eigenvalue weighted by Gasteiger charge is -2.36. The molecule has 24 heavy (non-hydrogen) atoms. The van der Waals surface area contributed by atoms with Crippen molar-refractivity contribution in [2.45, 2.75) is 42.7 Å². The molecule has 0 bridgehead atoms. The molecule has 0 aromatic heterocycles. The number of carbonyl (C=O) groups excluding carboxylic acids is 3. The van der Waals surface area contributed by atoms with Gasteiger partial charge in [0.2, 0.25) is 5.91 Å². The number of carbonyl (C=O) groups is 3. The highest BCUT2D eigenvalue weighted by Gasteiger charge is 2.63. The molecule has 2 saturated heterocycles. The van der Waals surface area contributed by atoms with Crippen LogP contribution < -0.4 is 0 Å². The number of cyclic esters (lactones) is 1. The standard InChI is InChI=1S/C16H15NO6S/c1-16(2)12(17-10(18)7-11(17)24(16)21)14(20)23-15-9-6-4-3-5-8(9)13(19)22-15/h3-6,11-12,15H,7H2,1-2H3. The van der Waals surface area contributed by atoms with Crippen molar-refractivity contribution in [3.8, 4) is 0 Å². The molecule has 0 aliphatic carbocycles. The maximum absolute atomic E-state index is 12.7. The number of ether oxygens (including phenoxy) is 2. The summed E-state index contributed by atoms with van der Waals surface area (Å²) in [6, 6.07) is 5.70. The van der Waals surface area contributed by atoms with Gasteiger partial charge in [-0.2, -0.15) is 0 Å². The van der Waals surface area contributed by atoms with E-state index in [9.17, 15) is 18.6 Å². The van der Waals surface area contributed by atoms with E-state index in [4.69, 9.17) is 9.47 Å². The average Bonchev–Trinajstić information content (AvgIpc) is 2.92. The Kier molecular flexibility index (Phi) is 3.12. The van der Waals surface area contributed by atoms with Crippen molar-refractivity contribution in [2.75, 3.05) is 0 Å². The summed E-state index contributed by atoms with van der Waals surface area (Å²) in [4.78, 5) is 37.7. The Balaban J connectivity index is 1.60. The summed E-state index contributed by atoms with van der Waals surface area (Å²) in [5, 5.41) is -0.441. The largest absolute Gasteiger partial charge is 0.419 e. The van der Waals surface area contributed by atoms with E-state index in [0.29, 0.717) is 11.1 Å². The van der Waals surface area contributed by atoms with Crippen LogP contribution in [0.3, 0.4) is 0 Å². The summed E-state index contributed by atoms with van der Waals surface area (Å²) in [6.07, 6.45) is -0.956. The highest BCUT2D eigenvalue weighted by atomic mass is 32.2. The van der Waals surface area contributed by atoms with Crippen LogP contribution in [0.2, 0.25) is 0 Å². The Morgan fingerprint density at radius 1 is 1.33 bits per heavy atom. The number of fused-ring (bicyclic) bond motifs is 2. The van der Waals surface area contributed by atoms with Crippen molar-refractivity contribution in [3.63, 3.8) is 0 Å². The van der Waals surface area contributed by atoms with Crippen LogP contribution in [0.15, 0.2) is 24.3 Å². The molecule has 7 nitrogen and oxygen atoms in total. The van der Waals surface area contributed by atoms with Gasteiger partial charge in [-0.25, -0.2) is 9.59 Å². The zero-order valence-electron chi connectivity index (χ0n) is 13.1. The number of amides is 1. The van der Waals surface area contributed by atoms with Crippen molar-refractivity contribution in [1.29, 1.82) is 0 Å².